The molecule has 1 rings (SSSR count). The Morgan fingerprint density at radius 1 is 1.42 bits per heavy atom. The van der Waals surface area contributed by atoms with E-state index in [1.54, 1.807) is 0 Å². The van der Waals surface area contributed by atoms with Crippen LogP contribution >= 0.6 is 0 Å². The van der Waals surface area contributed by atoms with Gasteiger partial charge in [0.1, 0.15) is 0 Å². The lowest BCUT2D eigenvalue weighted by molar-refractivity contribution is -0.171. The van der Waals surface area contributed by atoms with Gasteiger partial charge in [0, 0.05) is 11.5 Å². The molecule has 12 heavy (non-hydrogen) atoms. The molecule has 0 spiro atoms. The lowest BCUT2D eigenvalue weighted by Gasteiger charge is -2.44. The van der Waals surface area contributed by atoms with Gasteiger partial charge in [0.2, 0.25) is 0 Å². The maximum absolute atomic E-state index is 11.3. The van der Waals surface area contributed by atoms with Gasteiger partial charge >= 0.3 is 5.97 Å². The quantitative estimate of drug-likeness (QED) is 0.551. The van der Waals surface area contributed by atoms with Crippen LogP contribution in [0.4, 0.5) is 0 Å². The van der Waals surface area contributed by atoms with Gasteiger partial charge in [-0.2, -0.15) is 0 Å². The molecule has 1 atom stereocenters. The zero-order valence-corrected chi connectivity index (χ0v) is 8.18. The minimum Gasteiger partial charge on any atom is -0.465 e. The van der Waals surface area contributed by atoms with E-state index in [1.807, 2.05) is 27.7 Å². The molecule has 0 saturated carbocycles. The SMILES string of the molecule is CC1(C)COC(=O)C(C)(C)C1N. The van der Waals surface area contributed by atoms with Gasteiger partial charge in [0.05, 0.1) is 12.0 Å². The van der Waals surface area contributed by atoms with E-state index in [2.05, 4.69) is 0 Å². The Balaban J connectivity index is 2.93. The van der Waals surface area contributed by atoms with Crippen molar-refractivity contribution in [2.45, 2.75) is 33.7 Å². The molecule has 0 aliphatic carbocycles. The second-order valence-electron chi connectivity index (χ2n) is 4.76. The van der Waals surface area contributed by atoms with E-state index in [4.69, 9.17) is 10.5 Å². The van der Waals surface area contributed by atoms with E-state index in [9.17, 15) is 4.79 Å². The van der Waals surface area contributed by atoms with E-state index in [0.29, 0.717) is 6.61 Å². The van der Waals surface area contributed by atoms with Crippen LogP contribution in [-0.2, 0) is 9.53 Å². The van der Waals surface area contributed by atoms with Crippen LogP contribution in [0, 0.1) is 10.8 Å². The molecule has 1 fully saturated rings. The highest BCUT2D eigenvalue weighted by Gasteiger charge is 2.48. The van der Waals surface area contributed by atoms with Gasteiger partial charge < -0.3 is 10.5 Å². The van der Waals surface area contributed by atoms with Crippen LogP contribution < -0.4 is 5.73 Å². The van der Waals surface area contributed by atoms with Crippen LogP contribution in [-0.4, -0.2) is 18.6 Å². The number of carbonyl (C=O) groups excluding carboxylic acids is 1. The van der Waals surface area contributed by atoms with Gasteiger partial charge in [-0.25, -0.2) is 0 Å². The van der Waals surface area contributed by atoms with Gasteiger partial charge in [-0.1, -0.05) is 13.8 Å². The Morgan fingerprint density at radius 3 is 2.33 bits per heavy atom. The summed E-state index contributed by atoms with van der Waals surface area (Å²) in [5, 5.41) is 0. The average molecular weight is 171 g/mol. The molecule has 3 nitrogen and oxygen atoms in total. The van der Waals surface area contributed by atoms with E-state index in [-0.39, 0.29) is 17.4 Å². The topological polar surface area (TPSA) is 52.3 Å². The lowest BCUT2D eigenvalue weighted by atomic mass is 9.69. The zero-order valence-electron chi connectivity index (χ0n) is 8.18. The first-order valence-corrected chi connectivity index (χ1v) is 4.21. The second kappa shape index (κ2) is 2.46. The van der Waals surface area contributed by atoms with E-state index < -0.39 is 5.41 Å². The molecule has 1 aliphatic heterocycles. The van der Waals surface area contributed by atoms with E-state index >= 15 is 0 Å². The van der Waals surface area contributed by atoms with Crippen molar-refractivity contribution in [1.29, 1.82) is 0 Å². The van der Waals surface area contributed by atoms with Crippen LogP contribution in [0.15, 0.2) is 0 Å². The number of hydrogen-bond donors (Lipinski definition) is 1. The van der Waals surface area contributed by atoms with Gasteiger partial charge in [-0.05, 0) is 13.8 Å². The van der Waals surface area contributed by atoms with Crippen LogP contribution in [0.2, 0.25) is 0 Å². The Morgan fingerprint density at radius 2 is 1.92 bits per heavy atom. The molecule has 0 aromatic carbocycles. The predicted molar refractivity (Wildman–Crippen MR) is 46.5 cm³/mol. The maximum Gasteiger partial charge on any atom is 0.313 e. The third-order valence-corrected chi connectivity index (χ3v) is 2.72. The van der Waals surface area contributed by atoms with Crippen molar-refractivity contribution < 1.29 is 9.53 Å². The highest BCUT2D eigenvalue weighted by atomic mass is 16.5. The molecule has 1 aliphatic rings. The summed E-state index contributed by atoms with van der Waals surface area (Å²) in [5.41, 5.74) is 5.31. The standard InChI is InChI=1S/C9H17NO2/c1-8(2)5-12-7(11)9(3,4)6(8)10/h6H,5,10H2,1-4H3. The Kier molecular flexibility index (Phi) is 1.95. The summed E-state index contributed by atoms with van der Waals surface area (Å²) in [5.74, 6) is -0.186. The minimum atomic E-state index is -0.554. The number of ether oxygens (including phenoxy) is 1. The first-order chi connectivity index (χ1) is 5.28. The molecule has 0 aromatic heterocycles. The summed E-state index contributed by atoms with van der Waals surface area (Å²) in [6.45, 7) is 8.13. The summed E-state index contributed by atoms with van der Waals surface area (Å²) in [6.07, 6.45) is 0. The first kappa shape index (κ1) is 9.52. The highest BCUT2D eigenvalue weighted by molar-refractivity contribution is 5.78. The molecular weight excluding hydrogens is 154 g/mol. The normalized spacial score (nSPS) is 32.8. The van der Waals surface area contributed by atoms with Crippen molar-refractivity contribution in [3.8, 4) is 0 Å². The average Bonchev–Trinajstić information content (AvgIpc) is 1.96. The fourth-order valence-corrected chi connectivity index (χ4v) is 1.63. The first-order valence-electron chi connectivity index (χ1n) is 4.21. The van der Waals surface area contributed by atoms with Crippen molar-refractivity contribution in [2.75, 3.05) is 6.61 Å². The van der Waals surface area contributed by atoms with Gasteiger partial charge in [-0.15, -0.1) is 0 Å². The van der Waals surface area contributed by atoms with Crippen molar-refractivity contribution in [3.63, 3.8) is 0 Å². The summed E-state index contributed by atoms with van der Waals surface area (Å²) in [6, 6.07) is -0.133. The van der Waals surface area contributed by atoms with Gasteiger partial charge in [0.15, 0.2) is 0 Å². The molecule has 1 unspecified atom stereocenters. The fraction of sp³-hybridized carbons (Fsp3) is 0.889. The van der Waals surface area contributed by atoms with Crippen LogP contribution in [0.3, 0.4) is 0 Å². The number of cyclic esters (lactones) is 1. The molecule has 1 saturated heterocycles. The molecule has 0 amide bonds. The molecule has 2 N–H and O–H groups in total. The number of nitrogens with two attached hydrogens (primary N) is 1. The summed E-state index contributed by atoms with van der Waals surface area (Å²) in [4.78, 5) is 11.3. The number of esters is 1. The van der Waals surface area contributed by atoms with Crippen molar-refractivity contribution in [2.24, 2.45) is 16.6 Å². The number of hydrogen-bond acceptors (Lipinski definition) is 3. The van der Waals surface area contributed by atoms with Crippen LogP contribution in [0.1, 0.15) is 27.7 Å². The highest BCUT2D eigenvalue weighted by Crippen LogP contribution is 2.38. The van der Waals surface area contributed by atoms with Gasteiger partial charge in [-0.3, -0.25) is 4.79 Å². The summed E-state index contributed by atoms with van der Waals surface area (Å²) >= 11 is 0. The monoisotopic (exact) mass is 171 g/mol. The van der Waals surface area contributed by atoms with E-state index in [0.717, 1.165) is 0 Å². The maximum atomic E-state index is 11.3. The summed E-state index contributed by atoms with van der Waals surface area (Å²) < 4.78 is 5.06. The molecule has 70 valence electrons. The molecule has 1 heterocycles. The van der Waals surface area contributed by atoms with Crippen molar-refractivity contribution >= 4 is 5.97 Å². The zero-order chi connectivity index (χ0) is 9.57. The fourth-order valence-electron chi connectivity index (χ4n) is 1.63. The second-order valence-corrected chi connectivity index (χ2v) is 4.76. The third kappa shape index (κ3) is 1.22. The van der Waals surface area contributed by atoms with E-state index in [1.165, 1.54) is 0 Å². The molecule has 3 heteroatoms. The van der Waals surface area contributed by atoms with Gasteiger partial charge in [0.25, 0.3) is 0 Å². The Labute approximate surface area is 73.3 Å². The molecule has 0 bridgehead atoms. The predicted octanol–water partition coefficient (Wildman–Crippen LogP) is 0.923. The number of carbonyl (C=O) groups is 1. The lowest BCUT2D eigenvalue weighted by Crippen LogP contribution is -2.58. The van der Waals surface area contributed by atoms with Crippen LogP contribution in [0.5, 0.6) is 0 Å². The summed E-state index contributed by atoms with van der Waals surface area (Å²) in [7, 11) is 0. The Bertz CT molecular complexity index is 209. The smallest absolute Gasteiger partial charge is 0.313 e. The van der Waals surface area contributed by atoms with Crippen molar-refractivity contribution in [3.05, 3.63) is 0 Å². The largest absolute Gasteiger partial charge is 0.465 e. The molecule has 0 radical (unpaired) electrons. The number of rotatable bonds is 0. The molecular formula is C9H17NO2. The third-order valence-electron chi connectivity index (χ3n) is 2.72. The minimum absolute atomic E-state index is 0.114. The van der Waals surface area contributed by atoms with Crippen molar-refractivity contribution in [1.82, 2.24) is 0 Å². The Hall–Kier alpha value is -0.570. The van der Waals surface area contributed by atoms with Crippen LogP contribution in [0.25, 0.3) is 0 Å². The molecule has 0 aromatic rings.